The summed E-state index contributed by atoms with van der Waals surface area (Å²) in [6, 6.07) is 4.84. The second kappa shape index (κ2) is 7.48. The van der Waals surface area contributed by atoms with E-state index < -0.39 is 12.1 Å². The van der Waals surface area contributed by atoms with Crippen molar-refractivity contribution >= 4 is 28.3 Å². The molecule has 0 aliphatic heterocycles. The van der Waals surface area contributed by atoms with Gasteiger partial charge in [0.15, 0.2) is 0 Å². The number of aromatic hydroxyl groups is 1. The number of rotatable bonds is 3. The van der Waals surface area contributed by atoms with Crippen molar-refractivity contribution in [3.8, 4) is 5.75 Å². The number of nitrogens with two attached hydrogens (primary N) is 1. The minimum atomic E-state index is -0.578. The van der Waals surface area contributed by atoms with Crippen molar-refractivity contribution in [2.75, 3.05) is 0 Å². The summed E-state index contributed by atoms with van der Waals surface area (Å²) in [6.07, 6.45) is 5.07. The van der Waals surface area contributed by atoms with Crippen LogP contribution in [-0.4, -0.2) is 16.3 Å². The zero-order chi connectivity index (χ0) is 13.1. The van der Waals surface area contributed by atoms with Gasteiger partial charge in [0, 0.05) is 5.56 Å². The molecular weight excluding hydrogens is 330 g/mol. The third kappa shape index (κ3) is 3.85. The van der Waals surface area contributed by atoms with E-state index in [1.807, 2.05) is 6.07 Å². The Morgan fingerprint density at radius 1 is 1.21 bits per heavy atom. The van der Waals surface area contributed by atoms with E-state index >= 15 is 0 Å². The molecule has 0 radical (unpaired) electrons. The van der Waals surface area contributed by atoms with Gasteiger partial charge in [-0.1, -0.05) is 31.4 Å². The monoisotopic (exact) mass is 349 g/mol. The number of para-hydroxylation sites is 1. The summed E-state index contributed by atoms with van der Waals surface area (Å²) in [5, 5.41) is 20.3. The summed E-state index contributed by atoms with van der Waals surface area (Å²) in [6.45, 7) is 0. The topological polar surface area (TPSA) is 66.5 Å². The third-order valence-electron chi connectivity index (χ3n) is 3.88. The molecule has 1 aliphatic carbocycles. The SMILES string of the molecule is Cl.N[C@@H](c1cccc(Br)c1O)[C@H](O)C1CCCCC1. The van der Waals surface area contributed by atoms with Crippen LogP contribution in [0.3, 0.4) is 0 Å². The minimum Gasteiger partial charge on any atom is -0.506 e. The van der Waals surface area contributed by atoms with Crippen LogP contribution in [-0.2, 0) is 0 Å². The van der Waals surface area contributed by atoms with Gasteiger partial charge >= 0.3 is 0 Å². The lowest BCUT2D eigenvalue weighted by atomic mass is 9.81. The molecule has 0 aromatic heterocycles. The molecule has 1 fully saturated rings. The number of phenols is 1. The summed E-state index contributed by atoms with van der Waals surface area (Å²) >= 11 is 3.27. The number of aliphatic hydroxyl groups excluding tert-OH is 1. The van der Waals surface area contributed by atoms with Gasteiger partial charge in [-0.2, -0.15) is 0 Å². The molecular formula is C14H21BrClNO2. The van der Waals surface area contributed by atoms with Gasteiger partial charge in [0.25, 0.3) is 0 Å². The fourth-order valence-electron chi connectivity index (χ4n) is 2.75. The van der Waals surface area contributed by atoms with Gasteiger partial charge in [-0.3, -0.25) is 0 Å². The van der Waals surface area contributed by atoms with Crippen LogP contribution in [0.1, 0.15) is 43.7 Å². The summed E-state index contributed by atoms with van der Waals surface area (Å²) in [4.78, 5) is 0. The third-order valence-corrected chi connectivity index (χ3v) is 4.52. The lowest BCUT2D eigenvalue weighted by Crippen LogP contribution is -2.34. The van der Waals surface area contributed by atoms with E-state index in [1.54, 1.807) is 12.1 Å². The van der Waals surface area contributed by atoms with Crippen LogP contribution in [0.25, 0.3) is 0 Å². The van der Waals surface area contributed by atoms with Crippen LogP contribution in [0.4, 0.5) is 0 Å². The molecule has 0 heterocycles. The van der Waals surface area contributed by atoms with Crippen molar-refractivity contribution < 1.29 is 10.2 Å². The second-order valence-electron chi connectivity index (χ2n) is 5.09. The fraction of sp³-hybridized carbons (Fsp3) is 0.571. The zero-order valence-electron chi connectivity index (χ0n) is 10.8. The lowest BCUT2D eigenvalue weighted by Gasteiger charge is -2.30. The predicted molar refractivity (Wildman–Crippen MR) is 82.6 cm³/mol. The number of hydrogen-bond donors (Lipinski definition) is 3. The molecule has 5 heteroatoms. The molecule has 4 N–H and O–H groups in total. The van der Waals surface area contributed by atoms with Crippen LogP contribution in [0.15, 0.2) is 22.7 Å². The highest BCUT2D eigenvalue weighted by Gasteiger charge is 2.29. The molecule has 0 bridgehead atoms. The summed E-state index contributed by atoms with van der Waals surface area (Å²) in [7, 11) is 0. The average Bonchev–Trinajstić information content (AvgIpc) is 2.41. The van der Waals surface area contributed by atoms with Gasteiger partial charge < -0.3 is 15.9 Å². The lowest BCUT2D eigenvalue weighted by molar-refractivity contribution is 0.0611. The van der Waals surface area contributed by atoms with Crippen LogP contribution < -0.4 is 5.73 Å². The number of hydrogen-bond acceptors (Lipinski definition) is 3. The first-order valence-corrected chi connectivity index (χ1v) is 7.31. The quantitative estimate of drug-likeness (QED) is 0.781. The maximum Gasteiger partial charge on any atom is 0.134 e. The highest BCUT2D eigenvalue weighted by molar-refractivity contribution is 9.10. The summed E-state index contributed by atoms with van der Waals surface area (Å²) in [5.41, 5.74) is 6.72. The number of benzene rings is 1. The van der Waals surface area contributed by atoms with E-state index in [-0.39, 0.29) is 24.1 Å². The van der Waals surface area contributed by atoms with Gasteiger partial charge in [0.05, 0.1) is 16.6 Å². The van der Waals surface area contributed by atoms with Crippen LogP contribution in [0, 0.1) is 5.92 Å². The van der Waals surface area contributed by atoms with Crippen molar-refractivity contribution in [2.45, 2.75) is 44.2 Å². The standard InChI is InChI=1S/C14H20BrNO2.ClH/c15-11-8-4-7-10(14(11)18)12(16)13(17)9-5-2-1-3-6-9;/h4,7-9,12-13,17-18H,1-3,5-6,16H2;1H/t12-,13+;/m0./s1. The van der Waals surface area contributed by atoms with Gasteiger partial charge in [0.1, 0.15) is 5.75 Å². The minimum absolute atomic E-state index is 0. The molecule has 2 atom stereocenters. The Morgan fingerprint density at radius 2 is 1.84 bits per heavy atom. The molecule has 0 spiro atoms. The van der Waals surface area contributed by atoms with Crippen LogP contribution in [0.2, 0.25) is 0 Å². The normalized spacial score (nSPS) is 19.5. The Hall–Kier alpha value is -0.290. The molecule has 1 aromatic carbocycles. The maximum absolute atomic E-state index is 10.4. The molecule has 19 heavy (non-hydrogen) atoms. The first-order valence-electron chi connectivity index (χ1n) is 6.52. The van der Waals surface area contributed by atoms with E-state index in [9.17, 15) is 10.2 Å². The van der Waals surface area contributed by atoms with Crippen molar-refractivity contribution in [2.24, 2.45) is 11.7 Å². The molecule has 1 aliphatic rings. The van der Waals surface area contributed by atoms with Gasteiger partial charge in [0.2, 0.25) is 0 Å². The van der Waals surface area contributed by atoms with E-state index in [0.717, 1.165) is 12.8 Å². The van der Waals surface area contributed by atoms with E-state index in [4.69, 9.17) is 5.73 Å². The van der Waals surface area contributed by atoms with Gasteiger partial charge in [-0.15, -0.1) is 12.4 Å². The smallest absolute Gasteiger partial charge is 0.134 e. The molecule has 1 aromatic rings. The Morgan fingerprint density at radius 3 is 2.47 bits per heavy atom. The van der Waals surface area contributed by atoms with Crippen molar-refractivity contribution in [1.82, 2.24) is 0 Å². The fourth-order valence-corrected chi connectivity index (χ4v) is 3.14. The maximum atomic E-state index is 10.4. The largest absolute Gasteiger partial charge is 0.506 e. The highest BCUT2D eigenvalue weighted by atomic mass is 79.9. The molecule has 1 saturated carbocycles. The Bertz CT molecular complexity index is 410. The van der Waals surface area contributed by atoms with E-state index in [2.05, 4.69) is 15.9 Å². The Kier molecular flexibility index (Phi) is 6.60. The number of aliphatic hydroxyl groups is 1. The molecule has 2 rings (SSSR count). The van der Waals surface area contributed by atoms with Crippen molar-refractivity contribution in [1.29, 1.82) is 0 Å². The molecule has 0 unspecified atom stereocenters. The zero-order valence-corrected chi connectivity index (χ0v) is 13.2. The predicted octanol–water partition coefficient (Wildman–Crippen LogP) is 3.52. The van der Waals surface area contributed by atoms with E-state index in [1.165, 1.54) is 19.3 Å². The van der Waals surface area contributed by atoms with E-state index in [0.29, 0.717) is 10.0 Å². The molecule has 108 valence electrons. The Balaban J connectivity index is 0.00000180. The van der Waals surface area contributed by atoms with Crippen molar-refractivity contribution in [3.63, 3.8) is 0 Å². The molecule has 0 amide bonds. The Labute approximate surface area is 128 Å². The average molecular weight is 351 g/mol. The second-order valence-corrected chi connectivity index (χ2v) is 5.95. The first-order chi connectivity index (χ1) is 8.61. The molecule has 3 nitrogen and oxygen atoms in total. The first kappa shape index (κ1) is 16.8. The van der Waals surface area contributed by atoms with Crippen LogP contribution in [0.5, 0.6) is 5.75 Å². The van der Waals surface area contributed by atoms with Crippen molar-refractivity contribution in [3.05, 3.63) is 28.2 Å². The highest BCUT2D eigenvalue weighted by Crippen LogP contribution is 2.36. The summed E-state index contributed by atoms with van der Waals surface area (Å²) < 4.78 is 0.617. The summed E-state index contributed by atoms with van der Waals surface area (Å²) in [5.74, 6) is 0.395. The molecule has 0 saturated heterocycles. The van der Waals surface area contributed by atoms with Gasteiger partial charge in [-0.05, 0) is 40.8 Å². The number of phenolic OH excluding ortho intramolecular Hbond substituents is 1. The van der Waals surface area contributed by atoms with Gasteiger partial charge in [-0.25, -0.2) is 0 Å². The number of halogens is 2. The van der Waals surface area contributed by atoms with Crippen LogP contribution >= 0.6 is 28.3 Å².